The second kappa shape index (κ2) is 8.39. The molecule has 5 N–H and O–H groups in total. The highest BCUT2D eigenvalue weighted by Crippen LogP contribution is 2.31. The van der Waals surface area contributed by atoms with Crippen LogP contribution < -0.4 is 11.5 Å². The van der Waals surface area contributed by atoms with Gasteiger partial charge in [-0.05, 0) is 23.8 Å². The number of carbonyl (C=O) groups is 2. The van der Waals surface area contributed by atoms with Crippen LogP contribution >= 0.6 is 0 Å². The van der Waals surface area contributed by atoms with Gasteiger partial charge < -0.3 is 21.0 Å². The summed E-state index contributed by atoms with van der Waals surface area (Å²) in [6.45, 7) is 0.0452. The maximum Gasteiger partial charge on any atom is 0.449 e. The Labute approximate surface area is 155 Å². The van der Waals surface area contributed by atoms with Crippen LogP contribution in [0.3, 0.4) is 0 Å². The molecular weight excluding hydrogens is 412 g/mol. The molecule has 1 aromatic heterocycles. The number of hydrogen-bond acceptors (Lipinski definition) is 6. The van der Waals surface area contributed by atoms with Gasteiger partial charge in [0.25, 0.3) is 0 Å². The lowest BCUT2D eigenvalue weighted by Crippen LogP contribution is -2.14. The molecule has 0 bridgehead atoms. The van der Waals surface area contributed by atoms with E-state index in [1.807, 2.05) is 0 Å². The van der Waals surface area contributed by atoms with Gasteiger partial charge in [0.2, 0.25) is 17.4 Å². The fourth-order valence-corrected chi connectivity index (χ4v) is 2.84. The Morgan fingerprint density at radius 2 is 1.79 bits per heavy atom. The van der Waals surface area contributed by atoms with Crippen LogP contribution in [-0.2, 0) is 22.6 Å². The summed E-state index contributed by atoms with van der Waals surface area (Å²) >= 11 is 0. The van der Waals surface area contributed by atoms with Gasteiger partial charge in [-0.2, -0.15) is 13.2 Å². The highest BCUT2D eigenvalue weighted by Gasteiger charge is 2.37. The molecule has 0 fully saturated rings. The van der Waals surface area contributed by atoms with Crippen LogP contribution in [0.1, 0.15) is 32.2 Å². The Bertz CT molecular complexity index is 998. The predicted molar refractivity (Wildman–Crippen MR) is 86.6 cm³/mol. The molecule has 2 rings (SSSR count). The van der Waals surface area contributed by atoms with Crippen molar-refractivity contribution in [3.05, 3.63) is 52.7 Å². The van der Waals surface area contributed by atoms with Crippen molar-refractivity contribution in [2.45, 2.75) is 17.6 Å². The number of furan rings is 1. The van der Waals surface area contributed by atoms with Gasteiger partial charge in [-0.15, -0.1) is 0 Å². The highest BCUT2D eigenvalue weighted by molar-refractivity contribution is 7.90. The Hall–Kier alpha value is -2.93. The molecule has 1 amide bonds. The van der Waals surface area contributed by atoms with Crippen molar-refractivity contribution in [3.8, 4) is 0 Å². The van der Waals surface area contributed by atoms with E-state index in [1.165, 1.54) is 18.2 Å². The molecule has 0 spiro atoms. The van der Waals surface area contributed by atoms with E-state index in [2.05, 4.69) is 4.42 Å². The lowest BCUT2D eigenvalue weighted by Gasteiger charge is -2.06. The number of alkyl halides is 3. The van der Waals surface area contributed by atoms with Crippen LogP contribution in [0.2, 0.25) is 0 Å². The molecule has 0 saturated carbocycles. The third-order valence-electron chi connectivity index (χ3n) is 3.12. The van der Waals surface area contributed by atoms with Crippen LogP contribution in [0.15, 0.2) is 33.6 Å². The smallest absolute Gasteiger partial charge is 0.449 e. The van der Waals surface area contributed by atoms with E-state index < -0.39 is 45.2 Å². The maximum atomic E-state index is 12.4. The number of amides is 1. The van der Waals surface area contributed by atoms with Crippen LogP contribution in [-0.4, -0.2) is 31.7 Å². The van der Waals surface area contributed by atoms with Crippen LogP contribution in [0.25, 0.3) is 0 Å². The fourth-order valence-electron chi connectivity index (χ4n) is 1.91. The molecule has 0 aliphatic heterocycles. The van der Waals surface area contributed by atoms with E-state index in [1.54, 1.807) is 0 Å². The van der Waals surface area contributed by atoms with Crippen molar-refractivity contribution < 1.29 is 45.1 Å². The number of primary amides is 1. The number of rotatable bonds is 4. The monoisotopic (exact) mass is 426 g/mol. The molecule has 8 nitrogen and oxygen atoms in total. The summed E-state index contributed by atoms with van der Waals surface area (Å²) < 4.78 is 74.2. The van der Waals surface area contributed by atoms with E-state index >= 15 is 0 Å². The second-order valence-corrected chi connectivity index (χ2v) is 7.24. The van der Waals surface area contributed by atoms with Crippen molar-refractivity contribution in [3.63, 3.8) is 0 Å². The first-order chi connectivity index (χ1) is 12.7. The van der Waals surface area contributed by atoms with Crippen molar-refractivity contribution >= 4 is 21.7 Å². The zero-order valence-electron chi connectivity index (χ0n) is 14.1. The summed E-state index contributed by atoms with van der Waals surface area (Å²) in [7, 11) is -3.32. The average molecular weight is 426 g/mol. The SMILES string of the molecule is CS(=O)(=O)c1ccc(C(N)=O)cc1CN.O=C(O)c1oc(C(F)(F)F)cc1F. The number of carbonyl (C=O) groups excluding carboxylic acids is 1. The summed E-state index contributed by atoms with van der Waals surface area (Å²) in [5, 5.41) is 8.14. The van der Waals surface area contributed by atoms with E-state index in [9.17, 15) is 35.6 Å². The number of carboxylic acid groups (broad SMARTS) is 1. The molecule has 0 atom stereocenters. The molecule has 0 radical (unpaired) electrons. The van der Waals surface area contributed by atoms with Gasteiger partial charge in [0.1, 0.15) is 0 Å². The van der Waals surface area contributed by atoms with Gasteiger partial charge in [0.05, 0.1) is 4.90 Å². The minimum absolute atomic E-state index is 0.0105. The molecule has 0 saturated heterocycles. The van der Waals surface area contributed by atoms with Gasteiger partial charge in [0.15, 0.2) is 15.7 Å². The van der Waals surface area contributed by atoms with Crippen LogP contribution in [0, 0.1) is 5.82 Å². The first-order valence-electron chi connectivity index (χ1n) is 7.11. The van der Waals surface area contributed by atoms with Crippen LogP contribution in [0.4, 0.5) is 17.6 Å². The van der Waals surface area contributed by atoms with E-state index in [-0.39, 0.29) is 23.1 Å². The van der Waals surface area contributed by atoms with Crippen molar-refractivity contribution in [1.29, 1.82) is 0 Å². The Morgan fingerprint density at radius 3 is 2.11 bits per heavy atom. The zero-order valence-corrected chi connectivity index (χ0v) is 14.9. The summed E-state index contributed by atoms with van der Waals surface area (Å²) in [5.41, 5.74) is 11.1. The van der Waals surface area contributed by atoms with Gasteiger partial charge in [0, 0.05) is 24.4 Å². The third kappa shape index (κ3) is 5.79. The van der Waals surface area contributed by atoms with Crippen molar-refractivity contribution in [2.24, 2.45) is 11.5 Å². The fraction of sp³-hybridized carbons (Fsp3) is 0.200. The number of carboxylic acids is 1. The van der Waals surface area contributed by atoms with Crippen LogP contribution in [0.5, 0.6) is 0 Å². The highest BCUT2D eigenvalue weighted by atomic mass is 32.2. The Kier molecular flexibility index (Phi) is 6.93. The molecule has 154 valence electrons. The topological polar surface area (TPSA) is 154 Å². The summed E-state index contributed by atoms with van der Waals surface area (Å²) in [6.07, 6.45) is -3.79. The lowest BCUT2D eigenvalue weighted by atomic mass is 10.1. The second-order valence-electron chi connectivity index (χ2n) is 5.25. The summed E-state index contributed by atoms with van der Waals surface area (Å²) in [6, 6.07) is 4.11. The molecule has 13 heteroatoms. The lowest BCUT2D eigenvalue weighted by molar-refractivity contribution is -0.153. The summed E-state index contributed by atoms with van der Waals surface area (Å²) in [5.74, 6) is -7.03. The first-order valence-corrected chi connectivity index (χ1v) is 9.00. The summed E-state index contributed by atoms with van der Waals surface area (Å²) in [4.78, 5) is 21.1. The number of nitrogens with two attached hydrogens (primary N) is 2. The largest absolute Gasteiger partial charge is 0.475 e. The standard InChI is InChI=1S/C9H12N2O3S.C6H2F4O3/c1-15(13,14)8-3-2-6(9(11)12)4-7(8)5-10;7-2-1-3(6(8,9)10)13-4(2)5(11)12/h2-4H,5,10H2,1H3,(H2,11,12);1H,(H,11,12). The predicted octanol–water partition coefficient (Wildman–Crippen LogP) is 1.78. The van der Waals surface area contributed by atoms with E-state index in [0.29, 0.717) is 5.56 Å². The quantitative estimate of drug-likeness (QED) is 0.630. The normalized spacial score (nSPS) is 11.5. The maximum absolute atomic E-state index is 12.4. The Morgan fingerprint density at radius 1 is 1.21 bits per heavy atom. The molecule has 1 aromatic carbocycles. The first kappa shape index (κ1) is 23.1. The van der Waals surface area contributed by atoms with Crippen molar-refractivity contribution in [1.82, 2.24) is 0 Å². The van der Waals surface area contributed by atoms with Gasteiger partial charge in [-0.3, -0.25) is 4.79 Å². The van der Waals surface area contributed by atoms with E-state index in [0.717, 1.165) is 6.26 Å². The average Bonchev–Trinajstić information content (AvgIpc) is 2.96. The molecule has 28 heavy (non-hydrogen) atoms. The number of aromatic carboxylic acids is 1. The zero-order chi connectivity index (χ0) is 21.9. The van der Waals surface area contributed by atoms with Gasteiger partial charge in [-0.1, -0.05) is 0 Å². The molecule has 0 aliphatic rings. The Balaban J connectivity index is 0.000000283. The van der Waals surface area contributed by atoms with Gasteiger partial charge in [-0.25, -0.2) is 17.6 Å². The molecule has 2 aromatic rings. The molecule has 0 aliphatic carbocycles. The minimum Gasteiger partial charge on any atom is -0.475 e. The van der Waals surface area contributed by atoms with Gasteiger partial charge >= 0.3 is 12.1 Å². The number of halogens is 4. The van der Waals surface area contributed by atoms with E-state index in [4.69, 9.17) is 16.6 Å². The molecule has 0 unspecified atom stereocenters. The number of sulfone groups is 1. The molecule has 1 heterocycles. The number of benzene rings is 1. The third-order valence-corrected chi connectivity index (χ3v) is 4.32. The minimum atomic E-state index is -4.88. The molecular formula is C15H14F4N2O6S. The van der Waals surface area contributed by atoms with Crippen molar-refractivity contribution in [2.75, 3.05) is 6.26 Å². The number of hydrogen-bond donors (Lipinski definition) is 3.